The van der Waals surface area contributed by atoms with E-state index >= 15 is 0 Å². The van der Waals surface area contributed by atoms with E-state index in [1.54, 1.807) is 11.3 Å². The van der Waals surface area contributed by atoms with Crippen molar-refractivity contribution in [3.05, 3.63) is 28.8 Å². The van der Waals surface area contributed by atoms with Crippen LogP contribution in [-0.2, 0) is 0 Å². The Kier molecular flexibility index (Phi) is 6.97. The Morgan fingerprint density at radius 1 is 1.00 bits per heavy atom. The van der Waals surface area contributed by atoms with Gasteiger partial charge in [0.05, 0.1) is 15.2 Å². The number of aromatic nitrogens is 1. The predicted molar refractivity (Wildman–Crippen MR) is 71.8 cm³/mol. The lowest BCUT2D eigenvalue weighted by Crippen LogP contribution is -1.71. The number of benzene rings is 1. The van der Waals surface area contributed by atoms with Crippen LogP contribution in [0.1, 0.15) is 38.3 Å². The number of fused-ring (bicyclic) bond motifs is 1. The molecule has 0 saturated carbocycles. The molecular weight excluding hydrogens is 202 g/mol. The maximum absolute atomic E-state index is 4.39. The van der Waals surface area contributed by atoms with Gasteiger partial charge in [-0.3, -0.25) is 0 Å². The molecule has 2 rings (SSSR count). The Balaban J connectivity index is 0.000000442. The topological polar surface area (TPSA) is 12.9 Å². The predicted octanol–water partition coefficient (Wildman–Crippen LogP) is 4.97. The first-order valence-corrected chi connectivity index (χ1v) is 6.42. The van der Waals surface area contributed by atoms with Crippen LogP contribution in [0.2, 0.25) is 0 Å². The van der Waals surface area contributed by atoms with Crippen molar-refractivity contribution >= 4 is 21.6 Å². The molecule has 0 bridgehead atoms. The first-order valence-electron chi connectivity index (χ1n) is 5.60. The normalized spacial score (nSPS) is 8.67. The van der Waals surface area contributed by atoms with E-state index in [-0.39, 0.29) is 0 Å². The van der Waals surface area contributed by atoms with Gasteiger partial charge in [-0.15, -0.1) is 11.3 Å². The summed E-state index contributed by atoms with van der Waals surface area (Å²) >= 11 is 1.77. The second kappa shape index (κ2) is 7.41. The molecular formula is C13H21NS. The van der Waals surface area contributed by atoms with Gasteiger partial charge in [-0.1, -0.05) is 39.8 Å². The molecule has 0 amide bonds. The lowest BCUT2D eigenvalue weighted by molar-refractivity contribution is 1.34. The molecule has 2 heteroatoms. The van der Waals surface area contributed by atoms with E-state index in [0.29, 0.717) is 0 Å². The van der Waals surface area contributed by atoms with Crippen LogP contribution in [0.5, 0.6) is 0 Å². The van der Waals surface area contributed by atoms with Crippen LogP contribution in [0.4, 0.5) is 0 Å². The molecule has 0 spiro atoms. The molecule has 15 heavy (non-hydrogen) atoms. The summed E-state index contributed by atoms with van der Waals surface area (Å²) in [6.07, 6.45) is 0. The minimum atomic E-state index is 1.13. The van der Waals surface area contributed by atoms with E-state index in [2.05, 4.69) is 30.1 Å². The van der Waals surface area contributed by atoms with E-state index in [4.69, 9.17) is 0 Å². The Morgan fingerprint density at radius 3 is 2.13 bits per heavy atom. The first kappa shape index (κ1) is 14.1. The summed E-state index contributed by atoms with van der Waals surface area (Å²) in [6, 6.07) is 6.24. The zero-order chi connectivity index (χ0) is 11.8. The average Bonchev–Trinajstić information content (AvgIpc) is 2.66. The third kappa shape index (κ3) is 3.63. The van der Waals surface area contributed by atoms with E-state index in [1.807, 2.05) is 34.6 Å². The van der Waals surface area contributed by atoms with E-state index < -0.39 is 0 Å². The Labute approximate surface area is 97.2 Å². The number of aryl methyl sites for hydroxylation is 2. The molecule has 1 nitrogen and oxygen atoms in total. The third-order valence-electron chi connectivity index (χ3n) is 1.72. The van der Waals surface area contributed by atoms with Crippen molar-refractivity contribution in [1.82, 2.24) is 4.98 Å². The van der Waals surface area contributed by atoms with Gasteiger partial charge in [-0.2, -0.15) is 0 Å². The van der Waals surface area contributed by atoms with Crippen molar-refractivity contribution in [3.8, 4) is 0 Å². The first-order chi connectivity index (χ1) is 7.27. The van der Waals surface area contributed by atoms with E-state index in [9.17, 15) is 0 Å². The van der Waals surface area contributed by atoms with E-state index in [0.717, 1.165) is 10.5 Å². The van der Waals surface area contributed by atoms with Crippen LogP contribution < -0.4 is 0 Å². The van der Waals surface area contributed by atoms with Crippen LogP contribution in [0.25, 0.3) is 10.2 Å². The third-order valence-corrected chi connectivity index (χ3v) is 2.84. The summed E-state index contributed by atoms with van der Waals surface area (Å²) in [7, 11) is 0. The number of hydrogen-bond donors (Lipinski definition) is 0. The fraction of sp³-hybridized carbons (Fsp3) is 0.462. The fourth-order valence-electron chi connectivity index (χ4n) is 1.20. The van der Waals surface area contributed by atoms with Crippen molar-refractivity contribution in [3.63, 3.8) is 0 Å². The van der Waals surface area contributed by atoms with Crippen molar-refractivity contribution in [1.29, 1.82) is 0 Å². The van der Waals surface area contributed by atoms with Gasteiger partial charge in [0.15, 0.2) is 0 Å². The number of hydrogen-bond acceptors (Lipinski definition) is 2. The maximum atomic E-state index is 4.39. The highest BCUT2D eigenvalue weighted by Gasteiger charge is 2.00. The van der Waals surface area contributed by atoms with Crippen molar-refractivity contribution < 1.29 is 0 Å². The molecule has 0 aliphatic heterocycles. The lowest BCUT2D eigenvalue weighted by atomic mass is 10.2. The van der Waals surface area contributed by atoms with Crippen LogP contribution in [0.15, 0.2) is 18.2 Å². The minimum absolute atomic E-state index is 1.13. The van der Waals surface area contributed by atoms with Gasteiger partial charge in [-0.25, -0.2) is 4.98 Å². The summed E-state index contributed by atoms with van der Waals surface area (Å²) in [5.41, 5.74) is 2.46. The largest absolute Gasteiger partial charge is 0.242 e. The van der Waals surface area contributed by atoms with Gasteiger partial charge in [0.25, 0.3) is 0 Å². The zero-order valence-electron chi connectivity index (χ0n) is 10.6. The Morgan fingerprint density at radius 2 is 1.60 bits per heavy atom. The highest BCUT2D eigenvalue weighted by molar-refractivity contribution is 7.18. The lowest BCUT2D eigenvalue weighted by Gasteiger charge is -1.90. The standard InChI is InChI=1S/C9H9NS.2C2H6/c1-6-4-3-5-8-9(6)11-7(2)10-8;2*1-2/h3-5H,1-2H3;2*1-2H3. The quantitative estimate of drug-likeness (QED) is 0.614. The monoisotopic (exact) mass is 223 g/mol. The van der Waals surface area contributed by atoms with Gasteiger partial charge in [-0.05, 0) is 25.5 Å². The van der Waals surface area contributed by atoms with Crippen LogP contribution in [0, 0.1) is 13.8 Å². The van der Waals surface area contributed by atoms with Gasteiger partial charge >= 0.3 is 0 Å². The van der Waals surface area contributed by atoms with Crippen LogP contribution in [-0.4, -0.2) is 4.98 Å². The van der Waals surface area contributed by atoms with Crippen molar-refractivity contribution in [2.75, 3.05) is 0 Å². The highest BCUT2D eigenvalue weighted by atomic mass is 32.1. The second-order valence-corrected chi connectivity index (χ2v) is 3.86. The fourth-order valence-corrected chi connectivity index (χ4v) is 2.08. The SMILES string of the molecule is CC.CC.Cc1nc2cccc(C)c2s1. The summed E-state index contributed by atoms with van der Waals surface area (Å²) < 4.78 is 1.32. The van der Waals surface area contributed by atoms with Gasteiger partial charge in [0, 0.05) is 0 Å². The Hall–Kier alpha value is -0.890. The molecule has 0 aliphatic rings. The maximum Gasteiger partial charge on any atom is 0.0907 e. The zero-order valence-corrected chi connectivity index (χ0v) is 11.4. The van der Waals surface area contributed by atoms with Gasteiger partial charge in [0.2, 0.25) is 0 Å². The molecule has 0 saturated heterocycles. The molecule has 0 N–H and O–H groups in total. The molecule has 84 valence electrons. The van der Waals surface area contributed by atoms with Crippen molar-refractivity contribution in [2.24, 2.45) is 0 Å². The second-order valence-electron chi connectivity index (χ2n) is 2.66. The van der Waals surface area contributed by atoms with Gasteiger partial charge in [0.1, 0.15) is 0 Å². The molecule has 0 radical (unpaired) electrons. The average molecular weight is 223 g/mol. The summed E-state index contributed by atoms with van der Waals surface area (Å²) in [6.45, 7) is 12.2. The minimum Gasteiger partial charge on any atom is -0.242 e. The molecule has 0 atom stereocenters. The molecule has 1 heterocycles. The van der Waals surface area contributed by atoms with Crippen LogP contribution in [0.3, 0.4) is 0 Å². The summed E-state index contributed by atoms with van der Waals surface area (Å²) in [4.78, 5) is 4.39. The Bertz CT molecular complexity index is 390. The highest BCUT2D eigenvalue weighted by Crippen LogP contribution is 2.24. The smallest absolute Gasteiger partial charge is 0.0907 e. The number of nitrogens with zero attached hydrogens (tertiary/aromatic N) is 1. The van der Waals surface area contributed by atoms with Crippen molar-refractivity contribution in [2.45, 2.75) is 41.5 Å². The molecule has 1 aromatic carbocycles. The van der Waals surface area contributed by atoms with E-state index in [1.165, 1.54) is 10.3 Å². The molecule has 0 unspecified atom stereocenters. The molecule has 0 fully saturated rings. The molecule has 0 aliphatic carbocycles. The van der Waals surface area contributed by atoms with Gasteiger partial charge < -0.3 is 0 Å². The number of thiazole rings is 1. The van der Waals surface area contributed by atoms with Crippen LogP contribution >= 0.6 is 11.3 Å². The molecule has 1 aromatic heterocycles. The summed E-state index contributed by atoms with van der Waals surface area (Å²) in [5.74, 6) is 0. The molecule has 2 aromatic rings. The summed E-state index contributed by atoms with van der Waals surface area (Å²) in [5, 5.41) is 1.15. The number of rotatable bonds is 0.